The molecule has 4 aliphatic heterocycles. The van der Waals surface area contributed by atoms with Crippen LogP contribution in [0.1, 0.15) is 56.1 Å². The number of hydrogen-bond donors (Lipinski definition) is 0. The Balaban J connectivity index is 1.17. The highest BCUT2D eigenvalue weighted by atomic mass is 16.6. The molecule has 0 spiro atoms. The molecule has 2 aromatic rings. The third-order valence-electron chi connectivity index (χ3n) is 8.44. The van der Waals surface area contributed by atoms with E-state index >= 15 is 0 Å². The zero-order valence-electron chi connectivity index (χ0n) is 22.8. The lowest BCUT2D eigenvalue weighted by atomic mass is 9.95. The Kier molecular flexibility index (Phi) is 9.41. The molecule has 6 heteroatoms. The van der Waals surface area contributed by atoms with Gasteiger partial charge in [-0.3, -0.25) is 0 Å². The van der Waals surface area contributed by atoms with Gasteiger partial charge in [-0.2, -0.15) is 0 Å². The average Bonchev–Trinajstić information content (AvgIpc) is 3.06. The zero-order valence-corrected chi connectivity index (χ0v) is 22.8. The predicted molar refractivity (Wildman–Crippen MR) is 148 cm³/mol. The molecule has 4 heterocycles. The van der Waals surface area contributed by atoms with Crippen LogP contribution in [0.2, 0.25) is 0 Å². The normalized spacial score (nSPS) is 35.7. The van der Waals surface area contributed by atoms with Crippen LogP contribution in [0.25, 0.3) is 0 Å². The van der Waals surface area contributed by atoms with Gasteiger partial charge < -0.3 is 28.4 Å². The molecule has 0 radical (unpaired) electrons. The third kappa shape index (κ3) is 7.18. The van der Waals surface area contributed by atoms with Gasteiger partial charge in [-0.1, -0.05) is 72.8 Å². The van der Waals surface area contributed by atoms with Crippen LogP contribution in [-0.2, 0) is 41.6 Å². The highest BCUT2D eigenvalue weighted by Crippen LogP contribution is 2.37. The number of fused-ring (bicyclic) bond motifs is 3. The van der Waals surface area contributed by atoms with E-state index in [4.69, 9.17) is 28.4 Å². The minimum Gasteiger partial charge on any atom is -0.375 e. The second-order valence-electron chi connectivity index (χ2n) is 11.3. The second-order valence-corrected chi connectivity index (χ2v) is 11.3. The van der Waals surface area contributed by atoms with Crippen molar-refractivity contribution in [2.24, 2.45) is 0 Å². The topological polar surface area (TPSA) is 55.4 Å². The van der Waals surface area contributed by atoms with Crippen LogP contribution in [-0.4, -0.2) is 62.0 Å². The van der Waals surface area contributed by atoms with Crippen LogP contribution in [0.4, 0.5) is 0 Å². The minimum absolute atomic E-state index is 0.0192. The van der Waals surface area contributed by atoms with Gasteiger partial charge in [0, 0.05) is 13.0 Å². The van der Waals surface area contributed by atoms with Crippen LogP contribution >= 0.6 is 0 Å². The summed E-state index contributed by atoms with van der Waals surface area (Å²) in [5, 5.41) is 0. The van der Waals surface area contributed by atoms with E-state index in [-0.39, 0.29) is 48.8 Å². The Labute approximate surface area is 232 Å². The van der Waals surface area contributed by atoms with Crippen LogP contribution in [0, 0.1) is 0 Å². The molecule has 4 aliphatic rings. The molecule has 3 fully saturated rings. The minimum atomic E-state index is -0.158. The zero-order chi connectivity index (χ0) is 26.3. The maximum absolute atomic E-state index is 6.84. The summed E-state index contributed by atoms with van der Waals surface area (Å²) in [4.78, 5) is 0. The first-order chi connectivity index (χ1) is 19.3. The van der Waals surface area contributed by atoms with Gasteiger partial charge in [0.05, 0.1) is 62.5 Å². The monoisotopic (exact) mass is 534 g/mol. The summed E-state index contributed by atoms with van der Waals surface area (Å²) in [5.74, 6) is 0. The summed E-state index contributed by atoms with van der Waals surface area (Å²) >= 11 is 0. The Morgan fingerprint density at radius 2 is 1.38 bits per heavy atom. The average molecular weight is 535 g/mol. The first-order valence-corrected chi connectivity index (χ1v) is 14.8. The van der Waals surface area contributed by atoms with Crippen molar-refractivity contribution < 1.29 is 28.4 Å². The van der Waals surface area contributed by atoms with Crippen LogP contribution in [0.5, 0.6) is 0 Å². The van der Waals surface area contributed by atoms with E-state index in [1.165, 1.54) is 5.56 Å². The van der Waals surface area contributed by atoms with E-state index in [2.05, 4.69) is 48.6 Å². The van der Waals surface area contributed by atoms with Crippen molar-refractivity contribution in [2.75, 3.05) is 13.2 Å². The van der Waals surface area contributed by atoms with Crippen molar-refractivity contribution in [3.63, 3.8) is 0 Å². The fourth-order valence-electron chi connectivity index (χ4n) is 6.36. The number of ether oxygens (including phenoxy) is 6. The van der Waals surface area contributed by atoms with Gasteiger partial charge in [0.15, 0.2) is 0 Å². The number of rotatable bonds is 7. The van der Waals surface area contributed by atoms with Gasteiger partial charge in [-0.05, 0) is 49.7 Å². The Morgan fingerprint density at radius 1 is 0.667 bits per heavy atom. The molecule has 6 rings (SSSR count). The molecule has 0 amide bonds. The molecular weight excluding hydrogens is 492 g/mol. The van der Waals surface area contributed by atoms with Crippen molar-refractivity contribution >= 4 is 0 Å². The highest BCUT2D eigenvalue weighted by Gasteiger charge is 2.46. The van der Waals surface area contributed by atoms with E-state index in [0.29, 0.717) is 19.8 Å². The van der Waals surface area contributed by atoms with Gasteiger partial charge in [0.25, 0.3) is 0 Å². The molecule has 6 nitrogen and oxygen atoms in total. The van der Waals surface area contributed by atoms with E-state index in [1.807, 2.05) is 24.3 Å². The maximum Gasteiger partial charge on any atom is 0.110 e. The molecule has 0 N–H and O–H groups in total. The Morgan fingerprint density at radius 3 is 2.18 bits per heavy atom. The summed E-state index contributed by atoms with van der Waals surface area (Å²) < 4.78 is 39.2. The first kappa shape index (κ1) is 27.1. The van der Waals surface area contributed by atoms with E-state index in [1.54, 1.807) is 0 Å². The Hall–Kier alpha value is -2.06. The summed E-state index contributed by atoms with van der Waals surface area (Å²) in [6, 6.07) is 20.7. The van der Waals surface area contributed by atoms with Crippen molar-refractivity contribution in [2.45, 2.75) is 107 Å². The molecule has 2 aromatic carbocycles. The fraction of sp³-hybridized carbons (Fsp3) is 0.576. The smallest absolute Gasteiger partial charge is 0.110 e. The maximum atomic E-state index is 6.84. The lowest BCUT2D eigenvalue weighted by molar-refractivity contribution is -0.200. The van der Waals surface area contributed by atoms with Crippen LogP contribution in [0.15, 0.2) is 72.8 Å². The third-order valence-corrected chi connectivity index (χ3v) is 8.44. The summed E-state index contributed by atoms with van der Waals surface area (Å²) in [5.41, 5.74) is 2.34. The lowest BCUT2D eigenvalue weighted by Gasteiger charge is -2.39. The Bertz CT molecular complexity index is 1030. The molecule has 210 valence electrons. The molecule has 0 aliphatic carbocycles. The molecule has 8 atom stereocenters. The summed E-state index contributed by atoms with van der Waals surface area (Å²) in [6.45, 7) is 2.52. The molecule has 39 heavy (non-hydrogen) atoms. The largest absolute Gasteiger partial charge is 0.375 e. The van der Waals surface area contributed by atoms with Gasteiger partial charge in [-0.25, -0.2) is 0 Å². The molecule has 3 saturated heterocycles. The second kappa shape index (κ2) is 13.5. The SMILES string of the molecule is C1=C\C[C@H]2OCCC[C@@H]2O[C@@H]2C[C@@H](OCc3ccccc3)[C@@H]3O[C@H](COCc4ccccc4)CC[C@H]3O[C@H]2C/1. The predicted octanol–water partition coefficient (Wildman–Crippen LogP) is 5.78. The highest BCUT2D eigenvalue weighted by molar-refractivity contribution is 5.14. The van der Waals surface area contributed by atoms with Gasteiger partial charge >= 0.3 is 0 Å². The van der Waals surface area contributed by atoms with Crippen molar-refractivity contribution in [3.8, 4) is 0 Å². The standard InChI is InChI=1S/C33H42O6/c1-3-10-24(11-4-1)21-34-23-26-17-18-30-33(37-26)32(36-22-25-12-5-2-6-13-25)20-31-29(38-30)15-8-7-14-27-28(39-31)16-9-19-35-27/h1-8,10-13,26-33H,9,14-23H2/b8-7-/t26-,27+,28-,29-,30+,31+,32+,33+/m0/s1. The fourth-order valence-corrected chi connectivity index (χ4v) is 6.36. The number of benzene rings is 2. The number of hydrogen-bond acceptors (Lipinski definition) is 6. The van der Waals surface area contributed by atoms with Gasteiger partial charge in [-0.15, -0.1) is 0 Å². The molecule has 0 unspecified atom stereocenters. The van der Waals surface area contributed by atoms with Gasteiger partial charge in [0.1, 0.15) is 6.10 Å². The van der Waals surface area contributed by atoms with Gasteiger partial charge in [0.2, 0.25) is 0 Å². The molecule has 0 saturated carbocycles. The first-order valence-electron chi connectivity index (χ1n) is 14.8. The molecular formula is C33H42O6. The van der Waals surface area contributed by atoms with Crippen molar-refractivity contribution in [1.82, 2.24) is 0 Å². The van der Waals surface area contributed by atoms with E-state index in [0.717, 1.165) is 57.1 Å². The lowest BCUT2D eigenvalue weighted by Crippen LogP contribution is -2.48. The van der Waals surface area contributed by atoms with Crippen molar-refractivity contribution in [1.29, 1.82) is 0 Å². The van der Waals surface area contributed by atoms with Crippen LogP contribution < -0.4 is 0 Å². The van der Waals surface area contributed by atoms with E-state index < -0.39 is 0 Å². The quantitative estimate of drug-likeness (QED) is 0.420. The van der Waals surface area contributed by atoms with E-state index in [9.17, 15) is 0 Å². The summed E-state index contributed by atoms with van der Waals surface area (Å²) in [6.07, 6.45) is 10.7. The van der Waals surface area contributed by atoms with Crippen molar-refractivity contribution in [3.05, 3.63) is 83.9 Å². The van der Waals surface area contributed by atoms with Crippen LogP contribution in [0.3, 0.4) is 0 Å². The summed E-state index contributed by atoms with van der Waals surface area (Å²) in [7, 11) is 0. The molecule has 0 aromatic heterocycles. The molecule has 0 bridgehead atoms.